The lowest BCUT2D eigenvalue weighted by Crippen LogP contribution is -2.24. The summed E-state index contributed by atoms with van der Waals surface area (Å²) in [5.74, 6) is -0.903. The van der Waals surface area contributed by atoms with Gasteiger partial charge >= 0.3 is 0 Å². The third-order valence-electron chi connectivity index (χ3n) is 4.07. The lowest BCUT2D eigenvalue weighted by atomic mass is 10.1. The number of halogens is 1. The highest BCUT2D eigenvalue weighted by atomic mass is 19.1. The maximum absolute atomic E-state index is 13.6. The lowest BCUT2D eigenvalue weighted by Gasteiger charge is -2.07. The van der Waals surface area contributed by atoms with Crippen molar-refractivity contribution in [3.8, 4) is 0 Å². The number of carbonyl (C=O) groups is 1. The molecule has 2 aromatic carbocycles. The second kappa shape index (κ2) is 5.64. The van der Waals surface area contributed by atoms with Crippen molar-refractivity contribution in [3.63, 3.8) is 0 Å². The van der Waals surface area contributed by atoms with Crippen LogP contribution in [0.25, 0.3) is 10.9 Å². The van der Waals surface area contributed by atoms with Crippen molar-refractivity contribution in [1.29, 1.82) is 0 Å². The minimum Gasteiger partial charge on any atom is -0.348 e. The molecule has 0 aliphatic heterocycles. The first-order chi connectivity index (χ1) is 10.6. The van der Waals surface area contributed by atoms with Crippen molar-refractivity contribution in [1.82, 2.24) is 9.88 Å². The zero-order chi connectivity index (χ0) is 15.7. The predicted molar refractivity (Wildman–Crippen MR) is 85.2 cm³/mol. The molecule has 1 aromatic heterocycles. The Balaban J connectivity index is 1.87. The number of aromatic nitrogens is 1. The van der Waals surface area contributed by atoms with Crippen LogP contribution in [0.15, 0.2) is 48.5 Å². The van der Waals surface area contributed by atoms with Crippen LogP contribution in [-0.4, -0.2) is 10.5 Å². The van der Waals surface area contributed by atoms with Crippen molar-refractivity contribution < 1.29 is 9.18 Å². The van der Waals surface area contributed by atoms with E-state index in [1.165, 1.54) is 12.1 Å². The van der Waals surface area contributed by atoms with Gasteiger partial charge in [0.05, 0.1) is 5.56 Å². The quantitative estimate of drug-likeness (QED) is 0.788. The largest absolute Gasteiger partial charge is 0.348 e. The van der Waals surface area contributed by atoms with Crippen LogP contribution in [0.3, 0.4) is 0 Å². The van der Waals surface area contributed by atoms with Gasteiger partial charge in [-0.3, -0.25) is 4.79 Å². The molecule has 0 aliphatic carbocycles. The molecular formula is C18H17FN2O. The number of rotatable bonds is 3. The maximum Gasteiger partial charge on any atom is 0.254 e. The Hall–Kier alpha value is -2.62. The minimum atomic E-state index is -0.505. The van der Waals surface area contributed by atoms with Gasteiger partial charge < -0.3 is 9.88 Å². The maximum atomic E-state index is 13.6. The summed E-state index contributed by atoms with van der Waals surface area (Å²) in [5, 5.41) is 3.92. The van der Waals surface area contributed by atoms with E-state index in [2.05, 4.69) is 9.88 Å². The van der Waals surface area contributed by atoms with Gasteiger partial charge in [0.15, 0.2) is 0 Å². The van der Waals surface area contributed by atoms with E-state index in [0.29, 0.717) is 6.54 Å². The van der Waals surface area contributed by atoms with Crippen LogP contribution in [0, 0.1) is 12.7 Å². The zero-order valence-corrected chi connectivity index (χ0v) is 12.6. The molecule has 0 radical (unpaired) electrons. The van der Waals surface area contributed by atoms with Crippen LogP contribution in [0.1, 0.15) is 21.6 Å². The molecule has 0 bridgehead atoms. The summed E-state index contributed by atoms with van der Waals surface area (Å²) in [5.41, 5.74) is 3.34. The van der Waals surface area contributed by atoms with Gasteiger partial charge in [-0.2, -0.15) is 0 Å². The normalized spacial score (nSPS) is 10.9. The van der Waals surface area contributed by atoms with E-state index in [0.717, 1.165) is 22.2 Å². The van der Waals surface area contributed by atoms with Crippen molar-refractivity contribution in [3.05, 3.63) is 71.2 Å². The molecule has 0 aliphatic rings. The van der Waals surface area contributed by atoms with Gasteiger partial charge in [-0.1, -0.05) is 30.3 Å². The van der Waals surface area contributed by atoms with Gasteiger partial charge in [-0.05, 0) is 30.7 Å². The first kappa shape index (κ1) is 14.3. The highest BCUT2D eigenvalue weighted by molar-refractivity contribution is 5.95. The second-order valence-corrected chi connectivity index (χ2v) is 5.30. The highest BCUT2D eigenvalue weighted by Crippen LogP contribution is 2.24. The van der Waals surface area contributed by atoms with Crippen LogP contribution < -0.4 is 5.32 Å². The van der Waals surface area contributed by atoms with Gasteiger partial charge in [-0.25, -0.2) is 4.39 Å². The Labute approximate surface area is 128 Å². The molecule has 0 fully saturated rings. The lowest BCUT2D eigenvalue weighted by molar-refractivity contribution is 0.0947. The molecule has 112 valence electrons. The van der Waals surface area contributed by atoms with Crippen LogP contribution in [0.5, 0.6) is 0 Å². The van der Waals surface area contributed by atoms with Crippen LogP contribution >= 0.6 is 0 Å². The molecule has 3 nitrogen and oxygen atoms in total. The average molecular weight is 296 g/mol. The third-order valence-corrected chi connectivity index (χ3v) is 4.07. The summed E-state index contributed by atoms with van der Waals surface area (Å²) in [6.07, 6.45) is 0. The number of aryl methyl sites for hydroxylation is 1. The molecule has 0 unspecified atom stereocenters. The summed E-state index contributed by atoms with van der Waals surface area (Å²) >= 11 is 0. The van der Waals surface area contributed by atoms with Gasteiger partial charge in [0.2, 0.25) is 0 Å². The Kier molecular flexibility index (Phi) is 3.67. The number of nitrogens with one attached hydrogen (secondary N) is 1. The fraction of sp³-hybridized carbons (Fsp3) is 0.167. The van der Waals surface area contributed by atoms with E-state index >= 15 is 0 Å². The summed E-state index contributed by atoms with van der Waals surface area (Å²) in [6, 6.07) is 14.0. The molecule has 0 atom stereocenters. The van der Waals surface area contributed by atoms with Gasteiger partial charge in [0.1, 0.15) is 5.82 Å². The van der Waals surface area contributed by atoms with Crippen molar-refractivity contribution in [2.45, 2.75) is 13.5 Å². The number of benzene rings is 2. The molecule has 4 heteroatoms. The van der Waals surface area contributed by atoms with Crippen LogP contribution in [0.4, 0.5) is 4.39 Å². The van der Waals surface area contributed by atoms with E-state index in [1.54, 1.807) is 12.1 Å². The number of hydrogen-bond acceptors (Lipinski definition) is 1. The predicted octanol–water partition coefficient (Wildman–Crippen LogP) is 3.56. The zero-order valence-electron chi connectivity index (χ0n) is 12.6. The number of nitrogens with zero attached hydrogens (tertiary/aromatic N) is 1. The Bertz CT molecular complexity index is 851. The third kappa shape index (κ3) is 2.37. The summed E-state index contributed by atoms with van der Waals surface area (Å²) in [6.45, 7) is 2.39. The molecule has 3 aromatic rings. The standard InChI is InChI=1S/C18H17FN2O/c1-12-15(13-7-4-6-10-17(13)21(12)2)11-20-18(22)14-8-3-5-9-16(14)19/h3-10H,11H2,1-2H3,(H,20,22). The molecule has 3 rings (SSSR count). The Morgan fingerprint density at radius 1 is 1.14 bits per heavy atom. The van der Waals surface area contributed by atoms with Crippen molar-refractivity contribution in [2.24, 2.45) is 7.05 Å². The fourth-order valence-electron chi connectivity index (χ4n) is 2.73. The molecule has 0 saturated carbocycles. The monoisotopic (exact) mass is 296 g/mol. The van der Waals surface area contributed by atoms with E-state index in [-0.39, 0.29) is 5.56 Å². The first-order valence-corrected chi connectivity index (χ1v) is 7.15. The molecular weight excluding hydrogens is 279 g/mol. The molecule has 22 heavy (non-hydrogen) atoms. The highest BCUT2D eigenvalue weighted by Gasteiger charge is 2.14. The number of fused-ring (bicyclic) bond motifs is 1. The van der Waals surface area contributed by atoms with E-state index in [4.69, 9.17) is 0 Å². The molecule has 0 saturated heterocycles. The van der Waals surface area contributed by atoms with Crippen LogP contribution in [0.2, 0.25) is 0 Å². The van der Waals surface area contributed by atoms with Crippen LogP contribution in [-0.2, 0) is 13.6 Å². The molecule has 0 spiro atoms. The van der Waals surface area contributed by atoms with Gasteiger partial charge in [0.25, 0.3) is 5.91 Å². The number of hydrogen-bond donors (Lipinski definition) is 1. The Morgan fingerprint density at radius 3 is 2.59 bits per heavy atom. The van der Waals surface area contributed by atoms with E-state index < -0.39 is 11.7 Å². The van der Waals surface area contributed by atoms with Crippen molar-refractivity contribution in [2.75, 3.05) is 0 Å². The number of para-hydroxylation sites is 1. The summed E-state index contributed by atoms with van der Waals surface area (Å²) in [4.78, 5) is 12.1. The first-order valence-electron chi connectivity index (χ1n) is 7.15. The number of amides is 1. The topological polar surface area (TPSA) is 34.0 Å². The summed E-state index contributed by atoms with van der Waals surface area (Å²) < 4.78 is 15.7. The average Bonchev–Trinajstić information content (AvgIpc) is 2.77. The molecule has 1 amide bonds. The fourth-order valence-corrected chi connectivity index (χ4v) is 2.73. The number of carbonyl (C=O) groups excluding carboxylic acids is 1. The summed E-state index contributed by atoms with van der Waals surface area (Å²) in [7, 11) is 2.00. The molecule has 1 heterocycles. The Morgan fingerprint density at radius 2 is 1.82 bits per heavy atom. The smallest absolute Gasteiger partial charge is 0.254 e. The van der Waals surface area contributed by atoms with E-state index in [9.17, 15) is 9.18 Å². The van der Waals surface area contributed by atoms with Gasteiger partial charge in [0, 0.05) is 30.2 Å². The second-order valence-electron chi connectivity index (χ2n) is 5.30. The minimum absolute atomic E-state index is 0.0698. The van der Waals surface area contributed by atoms with Crippen molar-refractivity contribution >= 4 is 16.8 Å². The van der Waals surface area contributed by atoms with Gasteiger partial charge in [-0.15, -0.1) is 0 Å². The molecule has 1 N–H and O–H groups in total. The van der Waals surface area contributed by atoms with E-state index in [1.807, 2.05) is 38.2 Å². The SMILES string of the molecule is Cc1c(CNC(=O)c2ccccc2F)c2ccccc2n1C.